The topological polar surface area (TPSA) is 27.7 Å². The van der Waals surface area contributed by atoms with E-state index in [2.05, 4.69) is 0 Å². The fourth-order valence-electron chi connectivity index (χ4n) is 2.11. The van der Waals surface area contributed by atoms with Crippen molar-refractivity contribution in [2.45, 2.75) is 13.0 Å². The molecule has 22 heavy (non-hydrogen) atoms. The molecule has 2 aromatic carbocycles. The molecule has 0 bridgehead atoms. The van der Waals surface area contributed by atoms with Crippen LogP contribution in [0, 0.1) is 11.6 Å². The molecule has 0 aromatic heterocycles. The SMILES string of the molecule is CO[SiH](OC)OC(C)c1ccc(-c2ccc(F)cc2F)cc1. The van der Waals surface area contributed by atoms with Gasteiger partial charge >= 0.3 is 9.53 Å². The first-order valence-electron chi connectivity index (χ1n) is 6.81. The molecule has 0 fully saturated rings. The first-order chi connectivity index (χ1) is 10.5. The molecule has 0 aliphatic carbocycles. The quantitative estimate of drug-likeness (QED) is 0.758. The Hall–Kier alpha value is -1.60. The summed E-state index contributed by atoms with van der Waals surface area (Å²) in [7, 11) is 0.991. The lowest BCUT2D eigenvalue weighted by atomic mass is 10.0. The van der Waals surface area contributed by atoms with Crippen LogP contribution in [0.5, 0.6) is 0 Å². The Bertz CT molecular complexity index is 615. The van der Waals surface area contributed by atoms with Crippen LogP contribution in [-0.2, 0) is 13.3 Å². The third-order valence-electron chi connectivity index (χ3n) is 3.32. The lowest BCUT2D eigenvalue weighted by Gasteiger charge is -2.18. The van der Waals surface area contributed by atoms with Crippen LogP contribution in [0.2, 0.25) is 0 Å². The third kappa shape index (κ3) is 3.98. The highest BCUT2D eigenvalue weighted by molar-refractivity contribution is 6.36. The van der Waals surface area contributed by atoms with Crippen molar-refractivity contribution in [3.63, 3.8) is 0 Å². The highest BCUT2D eigenvalue weighted by Gasteiger charge is 2.17. The van der Waals surface area contributed by atoms with Gasteiger partial charge in [0.05, 0.1) is 6.10 Å². The minimum absolute atomic E-state index is 0.191. The fourth-order valence-corrected chi connectivity index (χ4v) is 3.01. The molecule has 2 aromatic rings. The Morgan fingerprint density at radius 3 is 2.14 bits per heavy atom. The lowest BCUT2D eigenvalue weighted by Crippen LogP contribution is -2.25. The van der Waals surface area contributed by atoms with Crippen LogP contribution in [0.4, 0.5) is 8.78 Å². The van der Waals surface area contributed by atoms with Gasteiger partial charge in [-0.15, -0.1) is 0 Å². The van der Waals surface area contributed by atoms with Crippen molar-refractivity contribution >= 4 is 9.53 Å². The summed E-state index contributed by atoms with van der Waals surface area (Å²) in [4.78, 5) is 0. The molecule has 3 nitrogen and oxygen atoms in total. The van der Waals surface area contributed by atoms with Gasteiger partial charge in [0.15, 0.2) is 0 Å². The van der Waals surface area contributed by atoms with E-state index >= 15 is 0 Å². The zero-order valence-electron chi connectivity index (χ0n) is 12.7. The standard InChI is InChI=1S/C16H18F2O3Si/c1-11(21-22(19-2)20-3)12-4-6-13(7-5-12)15-9-8-14(17)10-16(15)18/h4-11,22H,1-3H3. The molecule has 0 spiro atoms. The molecule has 6 heteroatoms. The second kappa shape index (κ2) is 7.60. The first-order valence-corrected chi connectivity index (χ1v) is 8.23. The minimum Gasteiger partial charge on any atom is -0.379 e. The van der Waals surface area contributed by atoms with Crippen LogP contribution in [0.1, 0.15) is 18.6 Å². The molecule has 0 heterocycles. The van der Waals surface area contributed by atoms with Crippen molar-refractivity contribution in [2.75, 3.05) is 14.2 Å². The van der Waals surface area contributed by atoms with Crippen molar-refractivity contribution in [3.05, 3.63) is 59.7 Å². The summed E-state index contributed by atoms with van der Waals surface area (Å²) in [6.45, 7) is 1.89. The normalized spacial score (nSPS) is 12.6. The van der Waals surface area contributed by atoms with Gasteiger partial charge in [0.2, 0.25) is 0 Å². The van der Waals surface area contributed by atoms with Crippen LogP contribution >= 0.6 is 0 Å². The molecule has 0 saturated heterocycles. The van der Waals surface area contributed by atoms with E-state index < -0.39 is 21.2 Å². The van der Waals surface area contributed by atoms with Gasteiger partial charge in [0.25, 0.3) is 0 Å². The first kappa shape index (κ1) is 16.8. The van der Waals surface area contributed by atoms with Crippen LogP contribution < -0.4 is 0 Å². The molecule has 0 aliphatic rings. The number of hydrogen-bond acceptors (Lipinski definition) is 3. The second-order valence-corrected chi connectivity index (χ2v) is 6.58. The van der Waals surface area contributed by atoms with Crippen molar-refractivity contribution in [3.8, 4) is 11.1 Å². The van der Waals surface area contributed by atoms with Crippen molar-refractivity contribution in [1.29, 1.82) is 0 Å². The number of hydrogen-bond donors (Lipinski definition) is 0. The van der Waals surface area contributed by atoms with Gasteiger partial charge in [-0.25, -0.2) is 8.78 Å². The van der Waals surface area contributed by atoms with Gasteiger partial charge in [-0.3, -0.25) is 0 Å². The zero-order valence-corrected chi connectivity index (χ0v) is 13.8. The number of halogens is 2. The highest BCUT2D eigenvalue weighted by Crippen LogP contribution is 2.26. The minimum atomic E-state index is -2.11. The van der Waals surface area contributed by atoms with Gasteiger partial charge in [0, 0.05) is 25.8 Å². The van der Waals surface area contributed by atoms with Crippen LogP contribution in [0.25, 0.3) is 11.1 Å². The molecular formula is C16H18F2O3Si. The molecule has 0 amide bonds. The van der Waals surface area contributed by atoms with E-state index in [0.29, 0.717) is 11.1 Å². The predicted octanol–water partition coefficient (Wildman–Crippen LogP) is 3.72. The Kier molecular flexibility index (Phi) is 5.79. The summed E-state index contributed by atoms with van der Waals surface area (Å²) in [5, 5.41) is 0. The van der Waals surface area contributed by atoms with Gasteiger partial charge in [-0.2, -0.15) is 0 Å². The van der Waals surface area contributed by atoms with E-state index in [1.165, 1.54) is 12.1 Å². The van der Waals surface area contributed by atoms with Crippen molar-refractivity contribution in [1.82, 2.24) is 0 Å². The van der Waals surface area contributed by atoms with E-state index in [4.69, 9.17) is 13.3 Å². The maximum absolute atomic E-state index is 13.8. The van der Waals surface area contributed by atoms with Crippen molar-refractivity contribution in [2.24, 2.45) is 0 Å². The molecule has 0 radical (unpaired) electrons. The Labute approximate surface area is 130 Å². The average molecular weight is 324 g/mol. The Morgan fingerprint density at radius 1 is 0.955 bits per heavy atom. The fraction of sp³-hybridized carbons (Fsp3) is 0.250. The van der Waals surface area contributed by atoms with Crippen molar-refractivity contribution < 1.29 is 22.1 Å². The van der Waals surface area contributed by atoms with Gasteiger partial charge in [-0.1, -0.05) is 24.3 Å². The summed E-state index contributed by atoms with van der Waals surface area (Å²) in [5.74, 6) is -1.17. The van der Waals surface area contributed by atoms with E-state index in [9.17, 15) is 8.78 Å². The zero-order chi connectivity index (χ0) is 16.1. The summed E-state index contributed by atoms with van der Waals surface area (Å²) >= 11 is 0. The summed E-state index contributed by atoms with van der Waals surface area (Å²) < 4.78 is 42.6. The maximum Gasteiger partial charge on any atom is 0.484 e. The van der Waals surface area contributed by atoms with Crippen LogP contribution in [0.15, 0.2) is 42.5 Å². The highest BCUT2D eigenvalue weighted by atomic mass is 28.3. The molecule has 1 unspecified atom stereocenters. The summed E-state index contributed by atoms with van der Waals surface area (Å²) in [6, 6.07) is 10.8. The van der Waals surface area contributed by atoms with E-state index in [0.717, 1.165) is 11.6 Å². The van der Waals surface area contributed by atoms with E-state index in [1.807, 2.05) is 19.1 Å². The number of rotatable bonds is 6. The second-order valence-electron chi connectivity index (χ2n) is 4.78. The molecule has 0 saturated carbocycles. The predicted molar refractivity (Wildman–Crippen MR) is 82.5 cm³/mol. The van der Waals surface area contributed by atoms with Gasteiger partial charge < -0.3 is 13.3 Å². The molecule has 0 N–H and O–H groups in total. The maximum atomic E-state index is 13.8. The third-order valence-corrected chi connectivity index (χ3v) is 4.72. The van der Waals surface area contributed by atoms with Gasteiger partial charge in [0.1, 0.15) is 11.6 Å². The molecular weight excluding hydrogens is 306 g/mol. The lowest BCUT2D eigenvalue weighted by molar-refractivity contribution is 0.0951. The van der Waals surface area contributed by atoms with Gasteiger partial charge in [-0.05, 0) is 30.2 Å². The number of benzene rings is 2. The smallest absolute Gasteiger partial charge is 0.379 e. The Balaban J connectivity index is 2.16. The summed E-state index contributed by atoms with van der Waals surface area (Å²) in [5.41, 5.74) is 1.97. The molecule has 2 rings (SSSR count). The molecule has 0 aliphatic heterocycles. The Morgan fingerprint density at radius 2 is 1.59 bits per heavy atom. The van der Waals surface area contributed by atoms with Crippen LogP contribution in [-0.4, -0.2) is 23.7 Å². The van der Waals surface area contributed by atoms with E-state index in [1.54, 1.807) is 26.4 Å². The average Bonchev–Trinajstić information content (AvgIpc) is 2.52. The largest absolute Gasteiger partial charge is 0.484 e. The summed E-state index contributed by atoms with van der Waals surface area (Å²) in [6.07, 6.45) is -0.191. The van der Waals surface area contributed by atoms with E-state index in [-0.39, 0.29) is 6.10 Å². The molecule has 1 atom stereocenters. The monoisotopic (exact) mass is 324 g/mol. The van der Waals surface area contributed by atoms with Crippen LogP contribution in [0.3, 0.4) is 0 Å². The molecule has 118 valence electrons.